The fourth-order valence-electron chi connectivity index (χ4n) is 1.60. The summed E-state index contributed by atoms with van der Waals surface area (Å²) in [6, 6.07) is 3.80. The Hall–Kier alpha value is -0.840. The first-order valence-electron chi connectivity index (χ1n) is 4.98. The van der Waals surface area contributed by atoms with Crippen molar-refractivity contribution in [1.82, 2.24) is 9.78 Å². The van der Waals surface area contributed by atoms with Crippen LogP contribution in [0.1, 0.15) is 22.2 Å². The molecule has 0 radical (unpaired) electrons. The molecule has 0 bridgehead atoms. The number of aromatic nitrogens is 2. The molecule has 5 heteroatoms. The summed E-state index contributed by atoms with van der Waals surface area (Å²) in [5.74, 6) is 0. The van der Waals surface area contributed by atoms with Crippen molar-refractivity contribution in [1.29, 1.82) is 0 Å². The van der Waals surface area contributed by atoms with Crippen LogP contribution in [0.15, 0.2) is 18.3 Å². The minimum Gasteiger partial charge on any atom is -0.388 e. The predicted octanol–water partition coefficient (Wildman–Crippen LogP) is 2.72. The fourth-order valence-corrected chi connectivity index (χ4v) is 2.73. The van der Waals surface area contributed by atoms with Crippen LogP contribution in [-0.2, 0) is 13.5 Å². The van der Waals surface area contributed by atoms with Gasteiger partial charge in [-0.15, -0.1) is 11.3 Å². The Morgan fingerprint density at radius 2 is 2.31 bits per heavy atom. The zero-order chi connectivity index (χ0) is 11.7. The van der Waals surface area contributed by atoms with Crippen LogP contribution < -0.4 is 0 Å². The van der Waals surface area contributed by atoms with E-state index < -0.39 is 6.10 Å². The molecule has 1 atom stereocenters. The van der Waals surface area contributed by atoms with Crippen molar-refractivity contribution in [3.05, 3.63) is 38.8 Å². The van der Waals surface area contributed by atoms with E-state index in [4.69, 9.17) is 11.6 Å². The summed E-state index contributed by atoms with van der Waals surface area (Å²) < 4.78 is 2.52. The Morgan fingerprint density at radius 1 is 1.56 bits per heavy atom. The van der Waals surface area contributed by atoms with E-state index >= 15 is 0 Å². The van der Waals surface area contributed by atoms with Gasteiger partial charge in [-0.2, -0.15) is 5.10 Å². The van der Waals surface area contributed by atoms with Gasteiger partial charge in [0.25, 0.3) is 0 Å². The zero-order valence-electron chi connectivity index (χ0n) is 9.14. The number of thiophene rings is 1. The molecule has 1 N–H and O–H groups in total. The van der Waals surface area contributed by atoms with Crippen LogP contribution in [0.2, 0.25) is 4.34 Å². The molecule has 2 aromatic rings. The first kappa shape index (κ1) is 11.6. The van der Waals surface area contributed by atoms with Crippen molar-refractivity contribution >= 4 is 22.9 Å². The number of rotatable bonds is 3. The molecular formula is C11H13ClN2OS. The van der Waals surface area contributed by atoms with E-state index in [1.807, 2.05) is 26.1 Å². The van der Waals surface area contributed by atoms with Crippen molar-refractivity contribution in [2.45, 2.75) is 19.4 Å². The van der Waals surface area contributed by atoms with Crippen molar-refractivity contribution in [2.75, 3.05) is 0 Å². The third-order valence-electron chi connectivity index (χ3n) is 2.66. The molecule has 0 fully saturated rings. The third-order valence-corrected chi connectivity index (χ3v) is 3.91. The number of aliphatic hydroxyl groups is 1. The lowest BCUT2D eigenvalue weighted by molar-refractivity contribution is 0.178. The Morgan fingerprint density at radius 3 is 2.81 bits per heavy atom. The van der Waals surface area contributed by atoms with Gasteiger partial charge >= 0.3 is 0 Å². The van der Waals surface area contributed by atoms with E-state index in [9.17, 15) is 5.11 Å². The molecule has 0 saturated heterocycles. The van der Waals surface area contributed by atoms with Gasteiger partial charge in [0.05, 0.1) is 16.6 Å². The summed E-state index contributed by atoms with van der Waals surface area (Å²) in [6.07, 6.45) is 1.79. The normalized spacial score (nSPS) is 13.0. The molecule has 16 heavy (non-hydrogen) atoms. The molecule has 2 aromatic heterocycles. The Kier molecular flexibility index (Phi) is 3.33. The van der Waals surface area contributed by atoms with Crippen LogP contribution in [-0.4, -0.2) is 14.9 Å². The van der Waals surface area contributed by atoms with Gasteiger partial charge in [0.1, 0.15) is 0 Å². The summed E-state index contributed by atoms with van der Waals surface area (Å²) in [5, 5.41) is 14.2. The van der Waals surface area contributed by atoms with Gasteiger partial charge in [0.2, 0.25) is 0 Å². The van der Waals surface area contributed by atoms with Gasteiger partial charge in [0, 0.05) is 29.6 Å². The summed E-state index contributed by atoms with van der Waals surface area (Å²) in [7, 11) is 1.87. The van der Waals surface area contributed by atoms with E-state index in [-0.39, 0.29) is 0 Å². The monoisotopic (exact) mass is 256 g/mol. The molecule has 86 valence electrons. The second-order valence-electron chi connectivity index (χ2n) is 3.73. The average Bonchev–Trinajstić information content (AvgIpc) is 2.76. The first-order valence-corrected chi connectivity index (χ1v) is 6.18. The highest BCUT2D eigenvalue weighted by Crippen LogP contribution is 2.27. The minimum absolute atomic E-state index is 0.511. The van der Waals surface area contributed by atoms with E-state index in [1.165, 1.54) is 11.3 Å². The van der Waals surface area contributed by atoms with Crippen molar-refractivity contribution in [3.63, 3.8) is 0 Å². The van der Waals surface area contributed by atoms with Crippen LogP contribution >= 0.6 is 22.9 Å². The van der Waals surface area contributed by atoms with Gasteiger partial charge in [-0.3, -0.25) is 4.68 Å². The molecule has 3 nitrogen and oxygen atoms in total. The molecule has 0 aromatic carbocycles. The molecule has 0 saturated carbocycles. The summed E-state index contributed by atoms with van der Waals surface area (Å²) in [4.78, 5) is 1.08. The molecule has 0 amide bonds. The third kappa shape index (κ3) is 2.29. The lowest BCUT2D eigenvalue weighted by Gasteiger charge is -2.08. The Bertz CT molecular complexity index is 492. The van der Waals surface area contributed by atoms with Gasteiger partial charge in [0.15, 0.2) is 0 Å². The van der Waals surface area contributed by atoms with Gasteiger partial charge < -0.3 is 5.11 Å². The fraction of sp³-hybridized carbons (Fsp3) is 0.364. The molecular weight excluding hydrogens is 244 g/mol. The summed E-state index contributed by atoms with van der Waals surface area (Å²) in [5.41, 5.74) is 1.88. The second-order valence-corrected chi connectivity index (χ2v) is 5.53. The van der Waals surface area contributed by atoms with Crippen LogP contribution in [0, 0.1) is 6.92 Å². The minimum atomic E-state index is -0.511. The number of hydrogen-bond donors (Lipinski definition) is 1. The SMILES string of the molecule is Cc1c(C(O)Cc2ccc(Cl)s2)cnn1C. The molecule has 0 spiro atoms. The average molecular weight is 257 g/mol. The topological polar surface area (TPSA) is 38.1 Å². The molecule has 0 aliphatic rings. The molecule has 2 heterocycles. The lowest BCUT2D eigenvalue weighted by Crippen LogP contribution is -2.02. The summed E-state index contributed by atoms with van der Waals surface area (Å²) in [6.45, 7) is 1.95. The largest absolute Gasteiger partial charge is 0.388 e. The highest BCUT2D eigenvalue weighted by molar-refractivity contribution is 7.16. The van der Waals surface area contributed by atoms with Crippen LogP contribution in [0.4, 0.5) is 0 Å². The first-order chi connectivity index (χ1) is 7.58. The number of aryl methyl sites for hydroxylation is 1. The van der Waals surface area contributed by atoms with E-state index in [0.29, 0.717) is 6.42 Å². The van der Waals surface area contributed by atoms with Gasteiger partial charge in [-0.1, -0.05) is 11.6 Å². The van der Waals surface area contributed by atoms with Crippen LogP contribution in [0.3, 0.4) is 0 Å². The second kappa shape index (κ2) is 4.57. The predicted molar refractivity (Wildman–Crippen MR) is 65.9 cm³/mol. The smallest absolute Gasteiger partial charge is 0.0931 e. The molecule has 0 aliphatic heterocycles. The van der Waals surface area contributed by atoms with E-state index in [0.717, 1.165) is 20.5 Å². The molecule has 2 rings (SSSR count). The van der Waals surface area contributed by atoms with Crippen LogP contribution in [0.25, 0.3) is 0 Å². The van der Waals surface area contributed by atoms with Crippen molar-refractivity contribution in [2.24, 2.45) is 7.05 Å². The number of nitrogens with zero attached hydrogens (tertiary/aromatic N) is 2. The van der Waals surface area contributed by atoms with Gasteiger partial charge in [-0.05, 0) is 19.1 Å². The maximum atomic E-state index is 10.1. The highest BCUT2D eigenvalue weighted by atomic mass is 35.5. The highest BCUT2D eigenvalue weighted by Gasteiger charge is 2.15. The Labute approximate surface area is 103 Å². The van der Waals surface area contributed by atoms with Gasteiger partial charge in [-0.25, -0.2) is 0 Å². The number of aliphatic hydroxyl groups excluding tert-OH is 1. The number of halogens is 1. The molecule has 0 aliphatic carbocycles. The lowest BCUT2D eigenvalue weighted by atomic mass is 10.1. The number of hydrogen-bond acceptors (Lipinski definition) is 3. The Balaban J connectivity index is 2.14. The zero-order valence-corrected chi connectivity index (χ0v) is 10.7. The van der Waals surface area contributed by atoms with Crippen LogP contribution in [0.5, 0.6) is 0 Å². The maximum Gasteiger partial charge on any atom is 0.0931 e. The van der Waals surface area contributed by atoms with Crippen molar-refractivity contribution in [3.8, 4) is 0 Å². The molecule has 1 unspecified atom stereocenters. The van der Waals surface area contributed by atoms with Crippen molar-refractivity contribution < 1.29 is 5.11 Å². The maximum absolute atomic E-state index is 10.1. The van der Waals surface area contributed by atoms with E-state index in [2.05, 4.69) is 5.10 Å². The standard InChI is InChI=1S/C11H13ClN2OS/c1-7-9(6-13-14(7)2)10(15)5-8-3-4-11(12)16-8/h3-4,6,10,15H,5H2,1-2H3. The summed E-state index contributed by atoms with van der Waals surface area (Å²) >= 11 is 7.35. The quantitative estimate of drug-likeness (QED) is 0.917. The van der Waals surface area contributed by atoms with E-state index in [1.54, 1.807) is 10.9 Å².